The highest BCUT2D eigenvalue weighted by atomic mass is 32.2. The van der Waals surface area contributed by atoms with E-state index in [1.165, 1.54) is 0 Å². The van der Waals surface area contributed by atoms with Crippen molar-refractivity contribution in [2.45, 2.75) is 24.6 Å². The molecule has 0 amide bonds. The van der Waals surface area contributed by atoms with Crippen LogP contribution in [0.25, 0.3) is 0 Å². The maximum Gasteiger partial charge on any atom is 0.154 e. The molecule has 4 nitrogen and oxygen atoms in total. The molecule has 1 unspecified atom stereocenters. The molecule has 0 aliphatic carbocycles. The molecule has 0 radical (unpaired) electrons. The van der Waals surface area contributed by atoms with E-state index in [0.29, 0.717) is 24.4 Å². The number of nitrogens with one attached hydrogen (secondary N) is 1. The van der Waals surface area contributed by atoms with E-state index in [2.05, 4.69) is 11.4 Å². The molecule has 1 fully saturated rings. The molecule has 1 N–H and O–H groups in total. The standard InChI is InChI=1S/C13H16N2O2S/c14-8-11-4-1-2-5-12(11)9-15-10-13-6-3-7-18(13,16)17/h1-2,4-5,13,15H,3,6-7,9-10H2. The first-order valence-corrected chi connectivity index (χ1v) is 7.75. The molecule has 1 aliphatic rings. The van der Waals surface area contributed by atoms with E-state index in [4.69, 9.17) is 5.26 Å². The zero-order chi connectivity index (χ0) is 13.0. The molecule has 1 aliphatic heterocycles. The predicted octanol–water partition coefficient (Wildman–Crippen LogP) is 1.23. The minimum Gasteiger partial charge on any atom is -0.311 e. The van der Waals surface area contributed by atoms with E-state index in [-0.39, 0.29) is 5.25 Å². The van der Waals surface area contributed by atoms with Crippen molar-refractivity contribution in [2.75, 3.05) is 12.3 Å². The summed E-state index contributed by atoms with van der Waals surface area (Å²) in [6.07, 6.45) is 1.51. The van der Waals surface area contributed by atoms with Crippen molar-refractivity contribution in [3.05, 3.63) is 35.4 Å². The molecule has 1 aromatic carbocycles. The SMILES string of the molecule is N#Cc1ccccc1CNCC1CCCS1(=O)=O. The molecule has 96 valence electrons. The smallest absolute Gasteiger partial charge is 0.154 e. The fourth-order valence-electron chi connectivity index (χ4n) is 2.24. The first-order chi connectivity index (χ1) is 8.63. The predicted molar refractivity (Wildman–Crippen MR) is 69.7 cm³/mol. The van der Waals surface area contributed by atoms with Crippen LogP contribution in [0, 0.1) is 11.3 Å². The summed E-state index contributed by atoms with van der Waals surface area (Å²) in [4.78, 5) is 0. The van der Waals surface area contributed by atoms with Crippen LogP contribution in [0.15, 0.2) is 24.3 Å². The van der Waals surface area contributed by atoms with Gasteiger partial charge in [0.1, 0.15) is 0 Å². The van der Waals surface area contributed by atoms with Crippen LogP contribution in [0.4, 0.5) is 0 Å². The Balaban J connectivity index is 1.91. The maximum absolute atomic E-state index is 11.6. The first-order valence-electron chi connectivity index (χ1n) is 6.04. The monoisotopic (exact) mass is 264 g/mol. The summed E-state index contributed by atoms with van der Waals surface area (Å²) in [6, 6.07) is 9.48. The van der Waals surface area contributed by atoms with Gasteiger partial charge in [0, 0.05) is 13.1 Å². The van der Waals surface area contributed by atoms with Gasteiger partial charge in [-0.15, -0.1) is 0 Å². The number of benzene rings is 1. The van der Waals surface area contributed by atoms with Gasteiger partial charge >= 0.3 is 0 Å². The number of hydrogen-bond acceptors (Lipinski definition) is 4. The number of sulfone groups is 1. The summed E-state index contributed by atoms with van der Waals surface area (Å²) in [5, 5.41) is 11.8. The highest BCUT2D eigenvalue weighted by molar-refractivity contribution is 7.92. The highest BCUT2D eigenvalue weighted by Crippen LogP contribution is 2.19. The molecule has 0 bridgehead atoms. The van der Waals surface area contributed by atoms with Gasteiger partial charge in [-0.3, -0.25) is 0 Å². The van der Waals surface area contributed by atoms with Crippen LogP contribution in [0.3, 0.4) is 0 Å². The molecule has 2 rings (SSSR count). The van der Waals surface area contributed by atoms with E-state index in [1.807, 2.05) is 18.2 Å². The summed E-state index contributed by atoms with van der Waals surface area (Å²) < 4.78 is 23.3. The molecule has 1 saturated heterocycles. The first kappa shape index (κ1) is 13.1. The zero-order valence-corrected chi connectivity index (χ0v) is 10.9. The van der Waals surface area contributed by atoms with Crippen molar-refractivity contribution >= 4 is 9.84 Å². The van der Waals surface area contributed by atoms with E-state index in [9.17, 15) is 8.42 Å². The van der Waals surface area contributed by atoms with Crippen LogP contribution < -0.4 is 5.32 Å². The molecular formula is C13H16N2O2S. The van der Waals surface area contributed by atoms with Gasteiger partial charge in [-0.05, 0) is 24.5 Å². The Hall–Kier alpha value is -1.38. The molecular weight excluding hydrogens is 248 g/mol. The number of nitriles is 1. The molecule has 1 aromatic rings. The summed E-state index contributed by atoms with van der Waals surface area (Å²) >= 11 is 0. The van der Waals surface area contributed by atoms with Crippen LogP contribution in [0.1, 0.15) is 24.0 Å². The van der Waals surface area contributed by atoms with Crippen molar-refractivity contribution in [3.8, 4) is 6.07 Å². The molecule has 0 saturated carbocycles. The second-order valence-electron chi connectivity index (χ2n) is 4.53. The second-order valence-corrected chi connectivity index (χ2v) is 6.93. The number of nitrogens with zero attached hydrogens (tertiary/aromatic N) is 1. The average Bonchev–Trinajstić information content (AvgIpc) is 2.69. The highest BCUT2D eigenvalue weighted by Gasteiger charge is 2.30. The Morgan fingerprint density at radius 3 is 2.83 bits per heavy atom. The van der Waals surface area contributed by atoms with Gasteiger partial charge in [-0.2, -0.15) is 5.26 Å². The molecule has 0 spiro atoms. The second kappa shape index (κ2) is 5.51. The van der Waals surface area contributed by atoms with Gasteiger partial charge < -0.3 is 5.32 Å². The quantitative estimate of drug-likeness (QED) is 0.888. The fourth-order valence-corrected chi connectivity index (χ4v) is 4.04. The van der Waals surface area contributed by atoms with Gasteiger partial charge in [0.25, 0.3) is 0 Å². The minimum absolute atomic E-state index is 0.258. The van der Waals surface area contributed by atoms with Crippen LogP contribution in [-0.2, 0) is 16.4 Å². The lowest BCUT2D eigenvalue weighted by Gasteiger charge is -2.11. The van der Waals surface area contributed by atoms with E-state index in [0.717, 1.165) is 18.4 Å². The third-order valence-corrected chi connectivity index (χ3v) is 5.56. The van der Waals surface area contributed by atoms with Gasteiger partial charge in [-0.1, -0.05) is 18.2 Å². The van der Waals surface area contributed by atoms with Crippen molar-refractivity contribution in [2.24, 2.45) is 0 Å². The Bertz CT molecular complexity index is 561. The number of hydrogen-bond donors (Lipinski definition) is 1. The van der Waals surface area contributed by atoms with Crippen molar-refractivity contribution < 1.29 is 8.42 Å². The maximum atomic E-state index is 11.6. The Kier molecular flexibility index (Phi) is 4.00. The van der Waals surface area contributed by atoms with Crippen LogP contribution >= 0.6 is 0 Å². The topological polar surface area (TPSA) is 70.0 Å². The summed E-state index contributed by atoms with van der Waals surface area (Å²) in [5.74, 6) is 0.314. The summed E-state index contributed by atoms with van der Waals surface area (Å²) in [5.41, 5.74) is 1.55. The largest absolute Gasteiger partial charge is 0.311 e. The fraction of sp³-hybridized carbons (Fsp3) is 0.462. The minimum atomic E-state index is -2.88. The lowest BCUT2D eigenvalue weighted by atomic mass is 10.1. The van der Waals surface area contributed by atoms with Crippen molar-refractivity contribution in [3.63, 3.8) is 0 Å². The molecule has 5 heteroatoms. The average molecular weight is 264 g/mol. The normalized spacial score (nSPS) is 21.6. The Morgan fingerprint density at radius 2 is 2.17 bits per heavy atom. The molecule has 1 heterocycles. The lowest BCUT2D eigenvalue weighted by Crippen LogP contribution is -2.30. The lowest BCUT2D eigenvalue weighted by molar-refractivity contribution is 0.574. The van der Waals surface area contributed by atoms with Crippen LogP contribution in [0.5, 0.6) is 0 Å². The van der Waals surface area contributed by atoms with Gasteiger partial charge in [0.2, 0.25) is 0 Å². The summed E-state index contributed by atoms with van der Waals surface area (Å²) in [7, 11) is -2.88. The zero-order valence-electron chi connectivity index (χ0n) is 10.1. The van der Waals surface area contributed by atoms with Gasteiger partial charge in [0.15, 0.2) is 9.84 Å². The van der Waals surface area contributed by atoms with Crippen LogP contribution in [-0.4, -0.2) is 26.0 Å². The van der Waals surface area contributed by atoms with E-state index in [1.54, 1.807) is 6.07 Å². The number of rotatable bonds is 4. The third-order valence-electron chi connectivity index (χ3n) is 3.29. The molecule has 1 atom stereocenters. The Morgan fingerprint density at radius 1 is 1.39 bits per heavy atom. The van der Waals surface area contributed by atoms with Crippen molar-refractivity contribution in [1.82, 2.24) is 5.32 Å². The van der Waals surface area contributed by atoms with Crippen LogP contribution in [0.2, 0.25) is 0 Å². The molecule has 0 aromatic heterocycles. The van der Waals surface area contributed by atoms with Gasteiger partial charge in [0.05, 0.1) is 22.6 Å². The summed E-state index contributed by atoms with van der Waals surface area (Å²) in [6.45, 7) is 1.01. The molecule has 18 heavy (non-hydrogen) atoms. The van der Waals surface area contributed by atoms with Crippen molar-refractivity contribution in [1.29, 1.82) is 5.26 Å². The third kappa shape index (κ3) is 2.89. The van der Waals surface area contributed by atoms with E-state index < -0.39 is 9.84 Å². The van der Waals surface area contributed by atoms with Gasteiger partial charge in [-0.25, -0.2) is 8.42 Å². The van der Waals surface area contributed by atoms with E-state index >= 15 is 0 Å². The Labute approximate surface area is 108 Å².